The number of hydrogen-bond acceptors (Lipinski definition) is 6. The molecule has 1 amide bonds. The summed E-state index contributed by atoms with van der Waals surface area (Å²) in [7, 11) is 2.47. The zero-order valence-electron chi connectivity index (χ0n) is 13.2. The summed E-state index contributed by atoms with van der Waals surface area (Å²) in [6.45, 7) is 5.54. The van der Waals surface area contributed by atoms with E-state index in [1.54, 1.807) is 20.8 Å². The van der Waals surface area contributed by atoms with Crippen LogP contribution in [-0.2, 0) is 23.8 Å². The smallest absolute Gasteiger partial charge is 0.411 e. The monoisotopic (exact) mass is 301 g/mol. The molecule has 0 saturated carbocycles. The first-order chi connectivity index (χ1) is 9.71. The highest BCUT2D eigenvalue weighted by Gasteiger charge is 2.45. The normalized spacial score (nSPS) is 22.4. The fraction of sp³-hybridized carbons (Fsp3) is 0.786. The predicted octanol–water partition coefficient (Wildman–Crippen LogP) is 1.35. The van der Waals surface area contributed by atoms with Gasteiger partial charge in [-0.2, -0.15) is 0 Å². The first-order valence-electron chi connectivity index (χ1n) is 6.86. The quantitative estimate of drug-likeness (QED) is 0.565. The van der Waals surface area contributed by atoms with E-state index >= 15 is 0 Å². The van der Waals surface area contributed by atoms with Crippen molar-refractivity contribution >= 4 is 18.0 Å². The standard InChI is InChI=1S/C14H23NO6/c1-14(2,3)21-13(18)15-8-6-7-9(11(16)19-4)10(15)12(17)20-5/h9-10H,6-8H2,1-5H3/t9-,10+/m1/s1. The van der Waals surface area contributed by atoms with Crippen LogP contribution in [0.1, 0.15) is 33.6 Å². The van der Waals surface area contributed by atoms with E-state index in [4.69, 9.17) is 14.2 Å². The molecule has 0 aliphatic carbocycles. The van der Waals surface area contributed by atoms with E-state index in [1.807, 2.05) is 0 Å². The number of amides is 1. The van der Waals surface area contributed by atoms with E-state index < -0.39 is 35.6 Å². The van der Waals surface area contributed by atoms with Crippen LogP contribution in [0.15, 0.2) is 0 Å². The van der Waals surface area contributed by atoms with Crippen molar-refractivity contribution in [3.8, 4) is 0 Å². The maximum Gasteiger partial charge on any atom is 0.411 e. The number of rotatable bonds is 2. The molecule has 120 valence electrons. The Balaban J connectivity index is 3.01. The second-order valence-corrected chi connectivity index (χ2v) is 5.91. The predicted molar refractivity (Wildman–Crippen MR) is 73.5 cm³/mol. The highest BCUT2D eigenvalue weighted by Crippen LogP contribution is 2.27. The molecular formula is C14H23NO6. The van der Waals surface area contributed by atoms with E-state index in [1.165, 1.54) is 19.1 Å². The summed E-state index contributed by atoms with van der Waals surface area (Å²) in [6, 6.07) is -1.01. The lowest BCUT2D eigenvalue weighted by atomic mass is 9.89. The third-order valence-electron chi connectivity index (χ3n) is 3.21. The average Bonchev–Trinajstić information content (AvgIpc) is 2.42. The minimum Gasteiger partial charge on any atom is -0.469 e. The molecule has 1 rings (SSSR count). The van der Waals surface area contributed by atoms with Gasteiger partial charge in [-0.1, -0.05) is 0 Å². The molecule has 0 N–H and O–H groups in total. The third-order valence-corrected chi connectivity index (χ3v) is 3.21. The zero-order chi connectivity index (χ0) is 16.2. The molecule has 7 heteroatoms. The van der Waals surface area contributed by atoms with Gasteiger partial charge in [0.05, 0.1) is 20.1 Å². The van der Waals surface area contributed by atoms with Crippen molar-refractivity contribution in [3.05, 3.63) is 0 Å². The molecule has 0 bridgehead atoms. The van der Waals surface area contributed by atoms with Crippen LogP contribution < -0.4 is 0 Å². The van der Waals surface area contributed by atoms with Crippen LogP contribution in [0.2, 0.25) is 0 Å². The Kier molecular flexibility index (Phi) is 5.57. The van der Waals surface area contributed by atoms with Gasteiger partial charge in [-0.25, -0.2) is 9.59 Å². The van der Waals surface area contributed by atoms with Crippen molar-refractivity contribution in [1.29, 1.82) is 0 Å². The summed E-state index contributed by atoms with van der Waals surface area (Å²) in [5.74, 6) is -1.90. The van der Waals surface area contributed by atoms with Crippen LogP contribution in [0.25, 0.3) is 0 Å². The Morgan fingerprint density at radius 3 is 2.10 bits per heavy atom. The fourth-order valence-corrected chi connectivity index (χ4v) is 2.33. The van der Waals surface area contributed by atoms with Crippen molar-refractivity contribution in [1.82, 2.24) is 4.90 Å². The lowest BCUT2D eigenvalue weighted by molar-refractivity contribution is -0.161. The van der Waals surface area contributed by atoms with Gasteiger partial charge in [0.25, 0.3) is 0 Å². The van der Waals surface area contributed by atoms with E-state index in [-0.39, 0.29) is 0 Å². The maximum atomic E-state index is 12.2. The lowest BCUT2D eigenvalue weighted by Gasteiger charge is -2.38. The Morgan fingerprint density at radius 2 is 1.62 bits per heavy atom. The average molecular weight is 301 g/mol. The highest BCUT2D eigenvalue weighted by atomic mass is 16.6. The number of methoxy groups -OCH3 is 2. The Hall–Kier alpha value is -1.79. The van der Waals surface area contributed by atoms with Gasteiger partial charge in [0.15, 0.2) is 0 Å². The number of ether oxygens (including phenoxy) is 3. The molecule has 2 atom stereocenters. The number of likely N-dealkylation sites (tertiary alicyclic amines) is 1. The Morgan fingerprint density at radius 1 is 1.05 bits per heavy atom. The number of nitrogens with zero attached hydrogens (tertiary/aromatic N) is 1. The van der Waals surface area contributed by atoms with Crippen LogP contribution in [0.4, 0.5) is 4.79 Å². The molecule has 0 spiro atoms. The van der Waals surface area contributed by atoms with Gasteiger partial charge in [-0.05, 0) is 33.6 Å². The number of hydrogen-bond donors (Lipinski definition) is 0. The third kappa shape index (κ3) is 4.34. The maximum absolute atomic E-state index is 12.2. The molecule has 1 aliphatic rings. The van der Waals surface area contributed by atoms with Gasteiger partial charge in [-0.3, -0.25) is 9.69 Å². The molecule has 7 nitrogen and oxygen atoms in total. The summed E-state index contributed by atoms with van der Waals surface area (Å²) in [6.07, 6.45) is 0.421. The first-order valence-corrected chi connectivity index (χ1v) is 6.86. The summed E-state index contributed by atoms with van der Waals surface area (Å²) >= 11 is 0. The molecule has 0 aromatic rings. The van der Waals surface area contributed by atoms with E-state index in [0.29, 0.717) is 19.4 Å². The van der Waals surface area contributed by atoms with Crippen LogP contribution in [0, 0.1) is 5.92 Å². The SMILES string of the molecule is COC(=O)[C@@H]1[C@H](C(=O)OC)CCCN1C(=O)OC(C)(C)C. The molecule has 1 fully saturated rings. The van der Waals surface area contributed by atoms with Gasteiger partial charge in [0.1, 0.15) is 11.6 Å². The Bertz CT molecular complexity index is 414. The first kappa shape index (κ1) is 17.3. The van der Waals surface area contributed by atoms with E-state index in [9.17, 15) is 14.4 Å². The molecule has 1 saturated heterocycles. The second-order valence-electron chi connectivity index (χ2n) is 5.91. The van der Waals surface area contributed by atoms with Gasteiger partial charge < -0.3 is 14.2 Å². The number of piperidine rings is 1. The van der Waals surface area contributed by atoms with Gasteiger partial charge in [-0.15, -0.1) is 0 Å². The summed E-state index contributed by atoms with van der Waals surface area (Å²) in [4.78, 5) is 37.3. The molecule has 21 heavy (non-hydrogen) atoms. The highest BCUT2D eigenvalue weighted by molar-refractivity contribution is 5.88. The van der Waals surface area contributed by atoms with Gasteiger partial charge >= 0.3 is 18.0 Å². The van der Waals surface area contributed by atoms with E-state index in [0.717, 1.165) is 0 Å². The molecule has 0 unspecified atom stereocenters. The minimum absolute atomic E-state index is 0.335. The molecule has 1 aliphatic heterocycles. The summed E-state index contributed by atoms with van der Waals surface area (Å²) in [5, 5.41) is 0. The Labute approximate surface area is 124 Å². The van der Waals surface area contributed by atoms with Crippen molar-refractivity contribution in [2.24, 2.45) is 5.92 Å². The number of esters is 2. The van der Waals surface area contributed by atoms with Gasteiger partial charge in [0, 0.05) is 6.54 Å². The molecule has 0 radical (unpaired) electrons. The molecular weight excluding hydrogens is 278 g/mol. The molecule has 1 heterocycles. The largest absolute Gasteiger partial charge is 0.469 e. The van der Waals surface area contributed by atoms with Crippen LogP contribution in [0.3, 0.4) is 0 Å². The molecule has 0 aromatic carbocycles. The van der Waals surface area contributed by atoms with Crippen molar-refractivity contribution < 1.29 is 28.6 Å². The van der Waals surface area contributed by atoms with Gasteiger partial charge in [0.2, 0.25) is 0 Å². The lowest BCUT2D eigenvalue weighted by Crippen LogP contribution is -2.56. The minimum atomic E-state index is -1.01. The van der Waals surface area contributed by atoms with Crippen LogP contribution in [-0.4, -0.2) is 55.3 Å². The van der Waals surface area contributed by atoms with Crippen molar-refractivity contribution in [2.75, 3.05) is 20.8 Å². The summed E-state index contributed by atoms with van der Waals surface area (Å²) in [5.41, 5.74) is -0.685. The fourth-order valence-electron chi connectivity index (χ4n) is 2.33. The topological polar surface area (TPSA) is 82.1 Å². The van der Waals surface area contributed by atoms with Crippen molar-refractivity contribution in [3.63, 3.8) is 0 Å². The number of carbonyl (C=O) groups excluding carboxylic acids is 3. The summed E-state index contributed by atoms with van der Waals surface area (Å²) < 4.78 is 14.7. The van der Waals surface area contributed by atoms with Crippen LogP contribution >= 0.6 is 0 Å². The second kappa shape index (κ2) is 6.78. The number of carbonyl (C=O) groups is 3. The van der Waals surface area contributed by atoms with Crippen molar-refractivity contribution in [2.45, 2.75) is 45.3 Å². The zero-order valence-corrected chi connectivity index (χ0v) is 13.2. The van der Waals surface area contributed by atoms with E-state index in [2.05, 4.69) is 0 Å². The molecule has 0 aromatic heterocycles. The van der Waals surface area contributed by atoms with Crippen LogP contribution in [0.5, 0.6) is 0 Å².